The fraction of sp³-hybridized carbons (Fsp3) is 0.300. The van der Waals surface area contributed by atoms with Crippen LogP contribution in [-0.2, 0) is 16.3 Å². The van der Waals surface area contributed by atoms with E-state index in [1.165, 1.54) is 12.1 Å². The van der Waals surface area contributed by atoms with Crippen LogP contribution in [-0.4, -0.2) is 44.9 Å². The van der Waals surface area contributed by atoms with Crippen LogP contribution in [0.2, 0.25) is 0 Å². The fourth-order valence-corrected chi connectivity index (χ4v) is 1.38. The number of carbonyl (C=O) groups excluding carboxylic acids is 1. The van der Waals surface area contributed by atoms with E-state index in [4.69, 9.17) is 26.9 Å². The van der Waals surface area contributed by atoms with Crippen LogP contribution in [0.5, 0.6) is 17.2 Å². The van der Waals surface area contributed by atoms with Gasteiger partial charge in [0.05, 0.1) is 6.61 Å². The molecule has 0 spiro atoms. The van der Waals surface area contributed by atoms with Gasteiger partial charge in [-0.15, -0.1) is 12.4 Å². The zero-order chi connectivity index (χ0) is 18.7. The fourth-order valence-electron chi connectivity index (χ4n) is 1.38. The molecule has 1 atom stereocenters. The van der Waals surface area contributed by atoms with Gasteiger partial charge in [-0.3, -0.25) is 10.2 Å². The quantitative estimate of drug-likeness (QED) is 0.159. The Hall–Kier alpha value is 1.16. The summed E-state index contributed by atoms with van der Waals surface area (Å²) in [6.45, 7) is -0.387. The number of amides is 1. The second-order valence-electron chi connectivity index (χ2n) is 3.96. The molecule has 0 saturated carbocycles. The van der Waals surface area contributed by atoms with Crippen molar-refractivity contribution < 1.29 is 29.2 Å². The number of hydrogen-bond donors (Lipinski definition) is 5. The third-order valence-corrected chi connectivity index (χ3v) is 2.43. The third kappa shape index (κ3) is 11.6. The van der Waals surface area contributed by atoms with Crippen LogP contribution < -0.4 is 25.9 Å². The van der Waals surface area contributed by atoms with Crippen LogP contribution in [0.3, 0.4) is 0 Å². The number of nitrogens with two attached hydrogens (primary N) is 1. The van der Waals surface area contributed by atoms with Crippen molar-refractivity contribution in [1.29, 1.82) is 0 Å². The minimum absolute atomic E-state index is 0. The normalized spacial score (nSPS) is 10.8. The van der Waals surface area contributed by atoms with Crippen LogP contribution in [0.15, 0.2) is 12.1 Å². The first kappa shape index (κ1) is 28.4. The summed E-state index contributed by atoms with van der Waals surface area (Å²) in [7, 11) is 10.1. The molecule has 1 unspecified atom stereocenters. The number of rotatable bonds is 7. The predicted octanol–water partition coefficient (Wildman–Crippen LogP) is 0.834. The number of aliphatic hydroxyl groups excluding tert-OH is 1. The Kier molecular flexibility index (Phi) is 18.3. The molecule has 0 fully saturated rings. The number of benzene rings is 1. The third-order valence-electron chi connectivity index (χ3n) is 2.43. The van der Waals surface area contributed by atoms with Gasteiger partial charge in [0.25, 0.3) is 5.91 Å². The van der Waals surface area contributed by atoms with E-state index in [1.807, 2.05) is 0 Å². The summed E-state index contributed by atoms with van der Waals surface area (Å²) in [6.07, 6.45) is 0. The van der Waals surface area contributed by atoms with Crippen LogP contribution in [0.1, 0.15) is 5.56 Å². The first-order valence-corrected chi connectivity index (χ1v) is 19.5. The summed E-state index contributed by atoms with van der Waals surface area (Å²) in [5, 5.41) is 18.2. The number of aliphatic hydroxyl groups is 1. The van der Waals surface area contributed by atoms with Crippen LogP contribution in [0.25, 0.3) is 0 Å². The van der Waals surface area contributed by atoms with Crippen molar-refractivity contribution >= 4 is 94.3 Å². The van der Waals surface area contributed by atoms with E-state index in [0.29, 0.717) is 5.56 Å². The molecule has 0 saturated heterocycles. The van der Waals surface area contributed by atoms with E-state index in [2.05, 4.69) is 80.1 Å². The van der Waals surface area contributed by atoms with Crippen molar-refractivity contribution in [2.45, 2.75) is 12.6 Å². The molecule has 1 rings (SSSR count). The summed E-state index contributed by atoms with van der Waals surface area (Å²) in [4.78, 5) is 11.0. The Morgan fingerprint density at radius 3 is 2.24 bits per heavy atom. The molecule has 0 heterocycles. The number of hydrazine groups is 1. The molecule has 0 aliphatic rings. The number of aromatic hydroxyl groups is 1. The first-order valence-electron chi connectivity index (χ1n) is 6.03. The molecule has 15 heteroatoms. The summed E-state index contributed by atoms with van der Waals surface area (Å²) in [5.74, 6) is -0.953. The molecule has 8 nitrogen and oxygen atoms in total. The van der Waals surface area contributed by atoms with Gasteiger partial charge in [0.1, 0.15) is 11.8 Å². The number of phenolic OH excluding ortho intramolecular Hbond substituents is 1. The SMILES string of the molecule is Cl.[B]Oc1c(O)ccc(CNNC(=O)C(N)CO)c1O[B].[I][V]([I])[I]. The monoisotopic (exact) mass is 745 g/mol. The molecular formula is C10H14B2ClI3N3O5V. The van der Waals surface area contributed by atoms with Crippen molar-refractivity contribution in [2.24, 2.45) is 5.73 Å². The standard InChI is InChI=1S/C10H13B2N3O5.ClH.3HI.V/c11-19-8-5(1-2-7(17)9(8)20-12)3-14-15-10(18)6(13)4-16;;;;;/h1-2,6,14,16-17H,3-4,13H2,(H,15,18);4*1H;/q;;;;;+3/p-3. The van der Waals surface area contributed by atoms with Gasteiger partial charge in [-0.05, 0) is 6.07 Å². The van der Waals surface area contributed by atoms with Gasteiger partial charge in [-0.25, -0.2) is 5.43 Å². The van der Waals surface area contributed by atoms with E-state index >= 15 is 0 Å². The van der Waals surface area contributed by atoms with Gasteiger partial charge in [0.2, 0.25) is 0 Å². The zero-order valence-corrected chi connectivity index (χ0v) is 21.2. The first-order chi connectivity index (χ1) is 11.3. The molecule has 0 aromatic heterocycles. The van der Waals surface area contributed by atoms with Gasteiger partial charge in [-0.2, -0.15) is 0 Å². The number of halogens is 4. The number of carbonyl (C=O) groups is 1. The van der Waals surface area contributed by atoms with Crippen LogP contribution in [0, 0.1) is 0 Å². The van der Waals surface area contributed by atoms with E-state index < -0.39 is 18.6 Å². The Morgan fingerprint density at radius 2 is 1.80 bits per heavy atom. The second kappa shape index (κ2) is 16.1. The predicted molar refractivity (Wildman–Crippen MR) is 120 cm³/mol. The molecule has 0 bridgehead atoms. The van der Waals surface area contributed by atoms with E-state index in [9.17, 15) is 9.90 Å². The van der Waals surface area contributed by atoms with Crippen molar-refractivity contribution in [3.63, 3.8) is 0 Å². The molecule has 138 valence electrons. The Balaban J connectivity index is 0. The summed E-state index contributed by atoms with van der Waals surface area (Å²) >= 11 is 7.39. The average Bonchev–Trinajstić information content (AvgIpc) is 2.54. The molecule has 1 amide bonds. The summed E-state index contributed by atoms with van der Waals surface area (Å²) in [5.41, 5.74) is 10.6. The van der Waals surface area contributed by atoms with Gasteiger partial charge in [-0.1, -0.05) is 6.07 Å². The average molecular weight is 745 g/mol. The molecular weight excluding hydrogens is 731 g/mol. The van der Waals surface area contributed by atoms with Crippen LogP contribution >= 0.6 is 72.3 Å². The van der Waals surface area contributed by atoms with Gasteiger partial charge < -0.3 is 25.3 Å². The van der Waals surface area contributed by atoms with Gasteiger partial charge in [0.15, 0.2) is 11.5 Å². The van der Waals surface area contributed by atoms with E-state index in [0.717, 1.165) is 0 Å². The maximum absolute atomic E-state index is 11.3. The molecule has 1 aromatic carbocycles. The van der Waals surface area contributed by atoms with Crippen molar-refractivity contribution in [2.75, 3.05) is 6.61 Å². The van der Waals surface area contributed by atoms with Crippen molar-refractivity contribution in [3.8, 4) is 17.2 Å². The molecule has 25 heavy (non-hydrogen) atoms. The van der Waals surface area contributed by atoms with Crippen LogP contribution in [0.4, 0.5) is 0 Å². The van der Waals surface area contributed by atoms with Gasteiger partial charge >= 0.3 is 81.0 Å². The number of phenols is 1. The topological polar surface area (TPSA) is 126 Å². The Bertz CT molecular complexity index is 536. The van der Waals surface area contributed by atoms with E-state index in [1.54, 1.807) is 0 Å². The second-order valence-corrected chi connectivity index (χ2v) is 39.3. The molecule has 0 aliphatic heterocycles. The molecule has 1 aromatic rings. The number of hydrogen-bond acceptors (Lipinski definition) is 7. The van der Waals surface area contributed by atoms with Crippen molar-refractivity contribution in [1.82, 2.24) is 10.9 Å². The Morgan fingerprint density at radius 1 is 1.28 bits per heavy atom. The molecule has 6 N–H and O–H groups in total. The zero-order valence-electron chi connectivity index (χ0n) is 12.5. The van der Waals surface area contributed by atoms with Gasteiger partial charge in [0, 0.05) is 12.1 Å². The Labute approximate surface area is 192 Å². The number of nitrogens with one attached hydrogen (secondary N) is 2. The molecule has 0 aliphatic carbocycles. The van der Waals surface area contributed by atoms with Crippen molar-refractivity contribution in [3.05, 3.63) is 17.7 Å². The minimum atomic E-state index is -1.03. The van der Waals surface area contributed by atoms with E-state index in [-0.39, 0.29) is 41.1 Å². The summed E-state index contributed by atoms with van der Waals surface area (Å²) < 4.78 is 9.06. The maximum atomic E-state index is 11.3. The molecule has 4 radical (unpaired) electrons. The summed E-state index contributed by atoms with van der Waals surface area (Å²) in [6, 6.07) is 1.78.